The number of halogens is 1. The van der Waals surface area contributed by atoms with E-state index >= 15 is 0 Å². The Hall–Kier alpha value is -2.06. The topological polar surface area (TPSA) is 64.6 Å². The average Bonchev–Trinajstić information content (AvgIpc) is 2.71. The number of piperidine rings is 1. The minimum atomic E-state index is -1.26. The second kappa shape index (κ2) is 10.1. The lowest BCUT2D eigenvalue weighted by atomic mass is 10.1. The summed E-state index contributed by atoms with van der Waals surface area (Å²) < 4.78 is 37.5. The number of rotatable bonds is 8. The third-order valence-electron chi connectivity index (χ3n) is 5.07. The standard InChI is InChI=1S/C21H28FN3O3S/c1-4-5-10-25-11-8-16(9-12-25)27-20-15(2)21(24-14-23-20)28-19-7-6-17(29(3)26)13-18(19)22/h6-7,13-14,16H,4-5,8-12H2,1-3H3. The van der Waals surface area contributed by atoms with Gasteiger partial charge in [0.25, 0.3) is 0 Å². The molecule has 1 aromatic carbocycles. The number of hydrogen-bond acceptors (Lipinski definition) is 6. The smallest absolute Gasteiger partial charge is 0.229 e. The quantitative estimate of drug-likeness (QED) is 0.640. The van der Waals surface area contributed by atoms with E-state index < -0.39 is 16.6 Å². The SMILES string of the molecule is CCCCN1CCC(Oc2ncnc(Oc3ccc(S(C)=O)cc3F)c2C)CC1. The van der Waals surface area contributed by atoms with Crippen molar-refractivity contribution < 1.29 is 18.1 Å². The number of nitrogens with zero attached hydrogens (tertiary/aromatic N) is 3. The molecule has 0 bridgehead atoms. The Labute approximate surface area is 173 Å². The van der Waals surface area contributed by atoms with Crippen LogP contribution in [-0.2, 0) is 10.8 Å². The van der Waals surface area contributed by atoms with E-state index in [1.807, 2.05) is 0 Å². The minimum Gasteiger partial charge on any atom is -0.474 e. The summed E-state index contributed by atoms with van der Waals surface area (Å²) in [6.45, 7) is 7.19. The van der Waals surface area contributed by atoms with Crippen LogP contribution in [0.15, 0.2) is 29.4 Å². The molecule has 1 fully saturated rings. The summed E-state index contributed by atoms with van der Waals surface area (Å²) in [6, 6.07) is 4.25. The Morgan fingerprint density at radius 1 is 1.24 bits per heavy atom. The van der Waals surface area contributed by atoms with Gasteiger partial charge in [-0.15, -0.1) is 0 Å². The van der Waals surface area contributed by atoms with Gasteiger partial charge in [0.15, 0.2) is 11.6 Å². The molecule has 0 amide bonds. The van der Waals surface area contributed by atoms with E-state index in [9.17, 15) is 8.60 Å². The summed E-state index contributed by atoms with van der Waals surface area (Å²) in [5.74, 6) is 0.155. The van der Waals surface area contributed by atoms with E-state index in [2.05, 4.69) is 21.8 Å². The molecule has 0 saturated carbocycles. The van der Waals surface area contributed by atoms with Crippen LogP contribution in [0.4, 0.5) is 4.39 Å². The van der Waals surface area contributed by atoms with Crippen molar-refractivity contribution in [2.45, 2.75) is 50.5 Å². The maximum absolute atomic E-state index is 14.3. The average molecular weight is 422 g/mol. The van der Waals surface area contributed by atoms with Crippen LogP contribution in [0.3, 0.4) is 0 Å². The monoisotopic (exact) mass is 421 g/mol. The number of unbranched alkanes of at least 4 members (excludes halogenated alkanes) is 1. The van der Waals surface area contributed by atoms with Crippen molar-refractivity contribution in [1.82, 2.24) is 14.9 Å². The highest BCUT2D eigenvalue weighted by atomic mass is 32.2. The lowest BCUT2D eigenvalue weighted by molar-refractivity contribution is 0.0951. The summed E-state index contributed by atoms with van der Waals surface area (Å²) in [5, 5.41) is 0. The van der Waals surface area contributed by atoms with Gasteiger partial charge in [0.1, 0.15) is 12.4 Å². The van der Waals surface area contributed by atoms with Crippen molar-refractivity contribution in [1.29, 1.82) is 0 Å². The van der Waals surface area contributed by atoms with E-state index in [0.29, 0.717) is 16.3 Å². The van der Waals surface area contributed by atoms with Crippen LogP contribution < -0.4 is 9.47 Å². The Kier molecular flexibility index (Phi) is 7.55. The van der Waals surface area contributed by atoms with E-state index in [4.69, 9.17) is 9.47 Å². The van der Waals surface area contributed by atoms with Crippen LogP contribution in [0.25, 0.3) is 0 Å². The number of ether oxygens (including phenoxy) is 2. The predicted octanol–water partition coefficient (Wildman–Crippen LogP) is 4.10. The fourth-order valence-electron chi connectivity index (χ4n) is 3.28. The summed E-state index contributed by atoms with van der Waals surface area (Å²) in [7, 11) is -1.26. The molecule has 1 aliphatic rings. The Morgan fingerprint density at radius 2 is 1.97 bits per heavy atom. The molecule has 1 unspecified atom stereocenters. The largest absolute Gasteiger partial charge is 0.474 e. The van der Waals surface area contributed by atoms with E-state index in [0.717, 1.165) is 32.5 Å². The van der Waals surface area contributed by atoms with E-state index in [1.165, 1.54) is 37.6 Å². The number of aromatic nitrogens is 2. The third kappa shape index (κ3) is 5.73. The van der Waals surface area contributed by atoms with Crippen LogP contribution in [0, 0.1) is 12.7 Å². The lowest BCUT2D eigenvalue weighted by Crippen LogP contribution is -2.38. The molecule has 2 heterocycles. The summed E-state index contributed by atoms with van der Waals surface area (Å²) in [5.41, 5.74) is 0.628. The van der Waals surface area contributed by atoms with Gasteiger partial charge < -0.3 is 14.4 Å². The number of hydrogen-bond donors (Lipinski definition) is 0. The first-order chi connectivity index (χ1) is 14.0. The van der Waals surface area contributed by atoms with Crippen LogP contribution in [-0.4, -0.2) is 51.1 Å². The Morgan fingerprint density at radius 3 is 2.62 bits per heavy atom. The molecule has 2 aromatic rings. The van der Waals surface area contributed by atoms with Crippen LogP contribution >= 0.6 is 0 Å². The lowest BCUT2D eigenvalue weighted by Gasteiger charge is -2.32. The van der Waals surface area contributed by atoms with Crippen LogP contribution in [0.5, 0.6) is 17.5 Å². The van der Waals surface area contributed by atoms with Crippen molar-refractivity contribution in [2.24, 2.45) is 0 Å². The molecule has 29 heavy (non-hydrogen) atoms. The molecule has 3 rings (SSSR count). The molecule has 0 N–H and O–H groups in total. The molecule has 6 nitrogen and oxygen atoms in total. The third-order valence-corrected chi connectivity index (χ3v) is 5.99. The second-order valence-corrected chi connectivity index (χ2v) is 8.65. The normalized spacial score (nSPS) is 16.6. The van der Waals surface area contributed by atoms with Crippen LogP contribution in [0.2, 0.25) is 0 Å². The zero-order chi connectivity index (χ0) is 20.8. The van der Waals surface area contributed by atoms with Crippen molar-refractivity contribution in [3.8, 4) is 17.5 Å². The highest BCUT2D eigenvalue weighted by Crippen LogP contribution is 2.31. The molecule has 1 saturated heterocycles. The number of likely N-dealkylation sites (tertiary alicyclic amines) is 1. The zero-order valence-corrected chi connectivity index (χ0v) is 18.0. The maximum Gasteiger partial charge on any atom is 0.229 e. The molecule has 0 radical (unpaired) electrons. The van der Waals surface area contributed by atoms with E-state index in [1.54, 1.807) is 13.0 Å². The first-order valence-corrected chi connectivity index (χ1v) is 11.5. The first-order valence-electron chi connectivity index (χ1n) is 9.99. The van der Waals surface area contributed by atoms with Crippen LogP contribution in [0.1, 0.15) is 38.2 Å². The van der Waals surface area contributed by atoms with Gasteiger partial charge in [-0.2, -0.15) is 0 Å². The zero-order valence-electron chi connectivity index (χ0n) is 17.2. The molecular formula is C21H28FN3O3S. The predicted molar refractivity (Wildman–Crippen MR) is 111 cm³/mol. The summed E-state index contributed by atoms with van der Waals surface area (Å²) >= 11 is 0. The van der Waals surface area contributed by atoms with Crippen molar-refractivity contribution in [3.05, 3.63) is 35.9 Å². The summed E-state index contributed by atoms with van der Waals surface area (Å²) in [4.78, 5) is 11.2. The molecule has 158 valence electrons. The molecular weight excluding hydrogens is 393 g/mol. The Bertz CT molecular complexity index is 857. The van der Waals surface area contributed by atoms with Gasteiger partial charge in [-0.1, -0.05) is 13.3 Å². The minimum absolute atomic E-state index is 0.0242. The molecule has 1 aliphatic heterocycles. The van der Waals surface area contributed by atoms with Gasteiger partial charge in [0.05, 0.1) is 5.56 Å². The Balaban J connectivity index is 1.65. The molecule has 8 heteroatoms. The second-order valence-electron chi connectivity index (χ2n) is 7.27. The fourth-order valence-corrected chi connectivity index (χ4v) is 3.81. The molecule has 0 spiro atoms. The van der Waals surface area contributed by atoms with E-state index in [-0.39, 0.29) is 17.7 Å². The molecule has 0 aliphatic carbocycles. The highest BCUT2D eigenvalue weighted by Gasteiger charge is 2.22. The number of benzene rings is 1. The first kappa shape index (κ1) is 21.6. The van der Waals surface area contributed by atoms with Gasteiger partial charge in [-0.25, -0.2) is 14.4 Å². The van der Waals surface area contributed by atoms with Crippen molar-refractivity contribution >= 4 is 10.8 Å². The van der Waals surface area contributed by atoms with Gasteiger partial charge >= 0.3 is 0 Å². The van der Waals surface area contributed by atoms with Crippen molar-refractivity contribution in [3.63, 3.8) is 0 Å². The summed E-state index contributed by atoms with van der Waals surface area (Å²) in [6.07, 6.45) is 7.30. The molecule has 1 aromatic heterocycles. The fraction of sp³-hybridized carbons (Fsp3) is 0.524. The maximum atomic E-state index is 14.3. The highest BCUT2D eigenvalue weighted by molar-refractivity contribution is 7.84. The van der Waals surface area contributed by atoms with Gasteiger partial charge in [-0.3, -0.25) is 4.21 Å². The van der Waals surface area contributed by atoms with Gasteiger partial charge in [-0.05, 0) is 50.9 Å². The molecule has 1 atom stereocenters. The van der Waals surface area contributed by atoms with Crippen molar-refractivity contribution in [2.75, 3.05) is 25.9 Å². The van der Waals surface area contributed by atoms with Gasteiger partial charge in [0, 0.05) is 35.0 Å². The van der Waals surface area contributed by atoms with Gasteiger partial charge in [0.2, 0.25) is 11.8 Å².